The second-order valence-corrected chi connectivity index (χ2v) is 4.17. The van der Waals surface area contributed by atoms with Crippen molar-refractivity contribution < 1.29 is 13.9 Å². The minimum absolute atomic E-state index is 0.0448. The van der Waals surface area contributed by atoms with Crippen molar-refractivity contribution >= 4 is 27.8 Å². The second-order valence-electron chi connectivity index (χ2n) is 4.17. The number of methoxy groups -OCH3 is 1. The van der Waals surface area contributed by atoms with Gasteiger partial charge in [-0.2, -0.15) is 0 Å². The highest BCUT2D eigenvalue weighted by Crippen LogP contribution is 2.18. The molecule has 0 aliphatic heterocycles. The zero-order chi connectivity index (χ0) is 14.3. The van der Waals surface area contributed by atoms with Crippen LogP contribution in [0.4, 0.5) is 0 Å². The lowest BCUT2D eigenvalue weighted by Crippen LogP contribution is -2.16. The number of benzene rings is 1. The lowest BCUT2D eigenvalue weighted by molar-refractivity contribution is 0.0594. The summed E-state index contributed by atoms with van der Waals surface area (Å²) in [4.78, 5) is 38.2. The van der Waals surface area contributed by atoms with Crippen molar-refractivity contribution in [3.8, 4) is 0 Å². The maximum absolute atomic E-state index is 12.2. The Morgan fingerprint density at radius 3 is 2.75 bits per heavy atom. The minimum Gasteiger partial charge on any atom is -0.464 e. The van der Waals surface area contributed by atoms with Gasteiger partial charge < -0.3 is 14.1 Å². The van der Waals surface area contributed by atoms with Gasteiger partial charge in [-0.05, 0) is 6.07 Å². The number of para-hydroxylation sites is 1. The van der Waals surface area contributed by atoms with Crippen LogP contribution in [0.25, 0.3) is 21.9 Å². The van der Waals surface area contributed by atoms with Crippen LogP contribution in [0, 0.1) is 0 Å². The van der Waals surface area contributed by atoms with Crippen molar-refractivity contribution in [2.24, 2.45) is 0 Å². The zero-order valence-corrected chi connectivity index (χ0v) is 10.4. The van der Waals surface area contributed by atoms with Crippen LogP contribution in [0.3, 0.4) is 0 Å². The number of aromatic amines is 1. The van der Waals surface area contributed by atoms with Crippen molar-refractivity contribution in [2.45, 2.75) is 0 Å². The molecule has 3 aromatic rings. The van der Waals surface area contributed by atoms with E-state index in [1.807, 2.05) is 0 Å². The summed E-state index contributed by atoms with van der Waals surface area (Å²) in [7, 11) is 1.19. The fourth-order valence-corrected chi connectivity index (χ4v) is 2.11. The third kappa shape index (κ3) is 1.70. The molecular formula is C14H9NO5. The van der Waals surface area contributed by atoms with Gasteiger partial charge in [0.15, 0.2) is 5.43 Å². The van der Waals surface area contributed by atoms with Crippen LogP contribution in [0.15, 0.2) is 44.3 Å². The van der Waals surface area contributed by atoms with Crippen LogP contribution < -0.4 is 11.1 Å². The van der Waals surface area contributed by atoms with Gasteiger partial charge in [-0.15, -0.1) is 0 Å². The standard InChI is InChI=1S/C14H9NO5/c1-19-13(17)8-6-9(16)11-7-4-2-3-5-10(7)20-14(18)12(11)15-8/h2-6H,1H3,(H,15,16). The van der Waals surface area contributed by atoms with Gasteiger partial charge in [0, 0.05) is 11.5 Å². The van der Waals surface area contributed by atoms with E-state index in [1.165, 1.54) is 7.11 Å². The molecule has 0 saturated carbocycles. The van der Waals surface area contributed by atoms with E-state index in [0.29, 0.717) is 11.0 Å². The Morgan fingerprint density at radius 2 is 2.00 bits per heavy atom. The number of hydrogen-bond acceptors (Lipinski definition) is 5. The van der Waals surface area contributed by atoms with Crippen LogP contribution in [-0.2, 0) is 4.74 Å². The van der Waals surface area contributed by atoms with Gasteiger partial charge in [0.2, 0.25) is 0 Å². The minimum atomic E-state index is -0.725. The number of pyridine rings is 1. The van der Waals surface area contributed by atoms with Gasteiger partial charge in [-0.3, -0.25) is 4.79 Å². The highest BCUT2D eigenvalue weighted by Gasteiger charge is 2.15. The third-order valence-electron chi connectivity index (χ3n) is 3.00. The first kappa shape index (κ1) is 12.2. The van der Waals surface area contributed by atoms with Gasteiger partial charge in [0.25, 0.3) is 0 Å². The van der Waals surface area contributed by atoms with Gasteiger partial charge >= 0.3 is 11.6 Å². The van der Waals surface area contributed by atoms with Crippen LogP contribution in [0.2, 0.25) is 0 Å². The number of carbonyl (C=O) groups is 1. The first-order valence-corrected chi connectivity index (χ1v) is 5.79. The molecule has 0 aliphatic rings. The fourth-order valence-electron chi connectivity index (χ4n) is 2.11. The molecule has 0 radical (unpaired) electrons. The maximum atomic E-state index is 12.2. The Balaban J connectivity index is 2.54. The summed E-state index contributed by atoms with van der Waals surface area (Å²) in [6, 6.07) is 7.82. The molecule has 100 valence electrons. The van der Waals surface area contributed by atoms with Gasteiger partial charge in [-0.25, -0.2) is 9.59 Å². The summed E-state index contributed by atoms with van der Waals surface area (Å²) in [5.74, 6) is -0.725. The van der Waals surface area contributed by atoms with Crippen LogP contribution in [0.1, 0.15) is 10.5 Å². The maximum Gasteiger partial charge on any atom is 0.360 e. The van der Waals surface area contributed by atoms with Crippen molar-refractivity contribution in [1.29, 1.82) is 0 Å². The lowest BCUT2D eigenvalue weighted by Gasteiger charge is -2.04. The molecule has 0 aliphatic carbocycles. The Morgan fingerprint density at radius 1 is 1.25 bits per heavy atom. The Kier molecular flexibility index (Phi) is 2.64. The first-order chi connectivity index (χ1) is 9.61. The summed E-state index contributed by atoms with van der Waals surface area (Å²) < 4.78 is 9.65. The number of hydrogen-bond donors (Lipinski definition) is 1. The van der Waals surface area contributed by atoms with E-state index < -0.39 is 17.0 Å². The summed E-state index contributed by atoms with van der Waals surface area (Å²) in [6.45, 7) is 0. The predicted molar refractivity (Wildman–Crippen MR) is 72.0 cm³/mol. The molecule has 0 atom stereocenters. The van der Waals surface area contributed by atoms with Crippen LogP contribution in [0.5, 0.6) is 0 Å². The topological polar surface area (TPSA) is 89.4 Å². The first-order valence-electron chi connectivity index (χ1n) is 5.79. The molecule has 0 fully saturated rings. The number of ether oxygens (including phenoxy) is 1. The van der Waals surface area contributed by atoms with E-state index in [0.717, 1.165) is 6.07 Å². The third-order valence-corrected chi connectivity index (χ3v) is 3.00. The number of aromatic nitrogens is 1. The number of nitrogens with one attached hydrogen (secondary N) is 1. The molecule has 6 heteroatoms. The number of carbonyl (C=O) groups excluding carboxylic acids is 1. The largest absolute Gasteiger partial charge is 0.464 e. The smallest absolute Gasteiger partial charge is 0.360 e. The highest BCUT2D eigenvalue weighted by molar-refractivity contribution is 6.03. The molecule has 1 aromatic carbocycles. The molecule has 20 heavy (non-hydrogen) atoms. The number of fused-ring (bicyclic) bond motifs is 3. The van der Waals surface area contributed by atoms with E-state index in [-0.39, 0.29) is 16.6 Å². The molecule has 0 unspecified atom stereocenters. The van der Waals surface area contributed by atoms with E-state index in [4.69, 9.17) is 4.42 Å². The SMILES string of the molecule is COC(=O)c1cc(=O)c2c([nH]1)c(=O)oc1ccccc12. The Labute approximate surface area is 111 Å². The summed E-state index contributed by atoms with van der Waals surface area (Å²) in [5.41, 5.74) is -0.963. The molecule has 3 rings (SSSR count). The van der Waals surface area contributed by atoms with E-state index in [2.05, 4.69) is 9.72 Å². The van der Waals surface area contributed by atoms with Crippen molar-refractivity contribution in [2.75, 3.05) is 7.11 Å². The van der Waals surface area contributed by atoms with Crippen LogP contribution in [-0.4, -0.2) is 18.1 Å². The molecule has 2 heterocycles. The van der Waals surface area contributed by atoms with E-state index in [1.54, 1.807) is 24.3 Å². The molecule has 0 amide bonds. The molecule has 6 nitrogen and oxygen atoms in total. The van der Waals surface area contributed by atoms with Crippen molar-refractivity contribution in [3.63, 3.8) is 0 Å². The average molecular weight is 271 g/mol. The monoisotopic (exact) mass is 271 g/mol. The van der Waals surface area contributed by atoms with Gasteiger partial charge in [-0.1, -0.05) is 18.2 Å². The van der Waals surface area contributed by atoms with Gasteiger partial charge in [0.1, 0.15) is 16.8 Å². The lowest BCUT2D eigenvalue weighted by atomic mass is 10.1. The molecule has 1 N–H and O–H groups in total. The Hall–Kier alpha value is -2.89. The summed E-state index contributed by atoms with van der Waals surface area (Å²) in [6.07, 6.45) is 0. The predicted octanol–water partition coefficient (Wildman–Crippen LogP) is 1.42. The summed E-state index contributed by atoms with van der Waals surface area (Å²) >= 11 is 0. The molecule has 0 spiro atoms. The van der Waals surface area contributed by atoms with Crippen molar-refractivity contribution in [3.05, 3.63) is 56.7 Å². The Bertz CT molecular complexity index is 951. The number of H-pyrrole nitrogens is 1. The van der Waals surface area contributed by atoms with E-state index >= 15 is 0 Å². The summed E-state index contributed by atoms with van der Waals surface area (Å²) in [5, 5.41) is 0.712. The number of esters is 1. The molecule has 0 bridgehead atoms. The van der Waals surface area contributed by atoms with Crippen LogP contribution >= 0.6 is 0 Å². The second kappa shape index (κ2) is 4.34. The van der Waals surface area contributed by atoms with Gasteiger partial charge in [0.05, 0.1) is 12.5 Å². The number of rotatable bonds is 1. The quantitative estimate of drug-likeness (QED) is 0.410. The normalized spacial score (nSPS) is 10.8. The van der Waals surface area contributed by atoms with Crippen molar-refractivity contribution in [1.82, 2.24) is 4.98 Å². The van der Waals surface area contributed by atoms with E-state index in [9.17, 15) is 14.4 Å². The molecular weight excluding hydrogens is 262 g/mol. The molecule has 2 aromatic heterocycles. The fraction of sp³-hybridized carbons (Fsp3) is 0.0714. The average Bonchev–Trinajstić information content (AvgIpc) is 2.46. The highest BCUT2D eigenvalue weighted by atomic mass is 16.5. The zero-order valence-electron chi connectivity index (χ0n) is 10.4. The molecule has 0 saturated heterocycles.